The van der Waals surface area contributed by atoms with E-state index in [2.05, 4.69) is 0 Å². The average molecular weight is 511 g/mol. The first-order chi connectivity index (χ1) is 18.0. The van der Waals surface area contributed by atoms with Gasteiger partial charge in [0.15, 0.2) is 17.3 Å². The van der Waals surface area contributed by atoms with E-state index in [1.807, 2.05) is 37.3 Å². The Morgan fingerprint density at radius 1 is 1.05 bits per heavy atom. The highest BCUT2D eigenvalue weighted by atomic mass is 16.5. The van der Waals surface area contributed by atoms with Gasteiger partial charge in [-0.15, -0.1) is 0 Å². The Hall–Kier alpha value is -3.72. The van der Waals surface area contributed by atoms with Crippen molar-refractivity contribution in [2.75, 3.05) is 40.5 Å². The maximum atomic E-state index is 13.6. The molecule has 0 radical (unpaired) electrons. The smallest absolute Gasteiger partial charge is 0.290 e. The second kappa shape index (κ2) is 12.5. The largest absolute Gasteiger partial charge is 0.493 e. The van der Waals surface area contributed by atoms with Crippen molar-refractivity contribution < 1.29 is 32.6 Å². The minimum atomic E-state index is -0.331. The van der Waals surface area contributed by atoms with Crippen LogP contribution >= 0.6 is 0 Å². The molecule has 1 fully saturated rings. The highest BCUT2D eigenvalue weighted by Gasteiger charge is 2.28. The van der Waals surface area contributed by atoms with Gasteiger partial charge in [-0.25, -0.2) is 0 Å². The molecule has 9 heteroatoms. The number of carbonyl (C=O) groups is 2. The molecule has 0 spiro atoms. The fraction of sp³-hybridized carbons (Fsp3) is 0.429. The molecule has 1 aliphatic heterocycles. The van der Waals surface area contributed by atoms with Crippen LogP contribution in [0, 0.1) is 6.92 Å². The number of aryl methyl sites for hydroxylation is 1. The van der Waals surface area contributed by atoms with Crippen molar-refractivity contribution in [2.24, 2.45) is 0 Å². The van der Waals surface area contributed by atoms with Crippen molar-refractivity contribution in [3.63, 3.8) is 0 Å². The fourth-order valence-corrected chi connectivity index (χ4v) is 4.42. The fourth-order valence-electron chi connectivity index (χ4n) is 4.42. The molecular weight excluding hydrogens is 476 g/mol. The van der Waals surface area contributed by atoms with Crippen LogP contribution in [0.25, 0.3) is 0 Å². The highest BCUT2D eigenvalue weighted by molar-refractivity contribution is 5.94. The summed E-state index contributed by atoms with van der Waals surface area (Å²) in [5.41, 5.74) is 0.994. The molecule has 2 aromatic heterocycles. The van der Waals surface area contributed by atoms with Crippen molar-refractivity contribution in [2.45, 2.75) is 38.8 Å². The molecule has 1 atom stereocenters. The molecule has 0 saturated carbocycles. The Balaban J connectivity index is 1.51. The van der Waals surface area contributed by atoms with E-state index in [1.54, 1.807) is 31.3 Å². The van der Waals surface area contributed by atoms with Gasteiger partial charge >= 0.3 is 0 Å². The second-order valence-electron chi connectivity index (χ2n) is 9.06. The quantitative estimate of drug-likeness (QED) is 0.362. The van der Waals surface area contributed by atoms with Crippen molar-refractivity contribution >= 4 is 11.8 Å². The van der Waals surface area contributed by atoms with Crippen LogP contribution in [0.15, 0.2) is 57.6 Å². The van der Waals surface area contributed by atoms with Crippen LogP contribution in [-0.4, -0.2) is 68.2 Å². The summed E-state index contributed by atoms with van der Waals surface area (Å²) in [5, 5.41) is 0. The Labute approximate surface area is 216 Å². The van der Waals surface area contributed by atoms with E-state index >= 15 is 0 Å². The van der Waals surface area contributed by atoms with Crippen molar-refractivity contribution in [3.05, 3.63) is 71.6 Å². The number of nitrogens with zero attached hydrogens (tertiary/aromatic N) is 2. The average Bonchev–Trinajstić information content (AvgIpc) is 3.69. The number of furan rings is 2. The second-order valence-corrected chi connectivity index (χ2v) is 9.06. The third kappa shape index (κ3) is 6.95. The summed E-state index contributed by atoms with van der Waals surface area (Å²) in [5.74, 6) is 2.41. The molecule has 37 heavy (non-hydrogen) atoms. The predicted molar refractivity (Wildman–Crippen MR) is 136 cm³/mol. The van der Waals surface area contributed by atoms with Gasteiger partial charge in [-0.2, -0.15) is 0 Å². The zero-order valence-electron chi connectivity index (χ0n) is 21.6. The maximum absolute atomic E-state index is 13.6. The maximum Gasteiger partial charge on any atom is 0.290 e. The number of amides is 2. The lowest BCUT2D eigenvalue weighted by Crippen LogP contribution is -2.45. The molecule has 0 N–H and O–H groups in total. The first-order valence-corrected chi connectivity index (χ1v) is 12.4. The van der Waals surface area contributed by atoms with Crippen LogP contribution in [0.2, 0.25) is 0 Å². The molecule has 1 aliphatic rings. The molecule has 0 unspecified atom stereocenters. The van der Waals surface area contributed by atoms with Gasteiger partial charge in [0.05, 0.1) is 33.1 Å². The van der Waals surface area contributed by atoms with Crippen molar-refractivity contribution in [1.82, 2.24) is 9.80 Å². The van der Waals surface area contributed by atoms with Crippen LogP contribution in [0.3, 0.4) is 0 Å². The minimum absolute atomic E-state index is 0.0922. The third-order valence-electron chi connectivity index (χ3n) is 6.41. The number of rotatable bonds is 12. The van der Waals surface area contributed by atoms with Crippen molar-refractivity contribution in [3.8, 4) is 11.5 Å². The van der Waals surface area contributed by atoms with E-state index in [-0.39, 0.29) is 30.2 Å². The highest BCUT2D eigenvalue weighted by Crippen LogP contribution is 2.28. The van der Waals surface area contributed by atoms with Crippen molar-refractivity contribution in [1.29, 1.82) is 0 Å². The van der Waals surface area contributed by atoms with E-state index in [0.717, 1.165) is 24.2 Å². The van der Waals surface area contributed by atoms with Gasteiger partial charge in [-0.05, 0) is 68.1 Å². The van der Waals surface area contributed by atoms with Crippen LogP contribution in [0.1, 0.15) is 40.5 Å². The van der Waals surface area contributed by atoms with E-state index in [4.69, 9.17) is 23.0 Å². The Kier molecular flexibility index (Phi) is 8.90. The van der Waals surface area contributed by atoms with E-state index in [1.165, 1.54) is 11.2 Å². The van der Waals surface area contributed by atoms with Gasteiger partial charge in [0.1, 0.15) is 18.1 Å². The Morgan fingerprint density at radius 2 is 1.89 bits per heavy atom. The van der Waals surface area contributed by atoms with Gasteiger partial charge in [0.25, 0.3) is 5.91 Å². The molecule has 0 bridgehead atoms. The molecule has 9 nitrogen and oxygen atoms in total. The van der Waals surface area contributed by atoms with Crippen LogP contribution in [0.5, 0.6) is 11.5 Å². The topological polar surface area (TPSA) is 94.6 Å². The molecule has 2 amide bonds. The summed E-state index contributed by atoms with van der Waals surface area (Å²) in [4.78, 5) is 30.1. The number of benzene rings is 1. The normalized spacial score (nSPS) is 14.9. The summed E-state index contributed by atoms with van der Waals surface area (Å²) >= 11 is 0. The molecule has 198 valence electrons. The summed E-state index contributed by atoms with van der Waals surface area (Å²) in [6.45, 7) is 3.49. The van der Waals surface area contributed by atoms with E-state index in [9.17, 15) is 9.59 Å². The summed E-state index contributed by atoms with van der Waals surface area (Å²) < 4.78 is 27.6. The monoisotopic (exact) mass is 510 g/mol. The number of methoxy groups -OCH3 is 2. The zero-order valence-corrected chi connectivity index (χ0v) is 21.6. The van der Waals surface area contributed by atoms with Crippen LogP contribution < -0.4 is 9.47 Å². The first-order valence-electron chi connectivity index (χ1n) is 12.4. The lowest BCUT2D eigenvalue weighted by Gasteiger charge is -2.28. The van der Waals surface area contributed by atoms with Crippen LogP contribution in [0.4, 0.5) is 0 Å². The standard InChI is InChI=1S/C28H34N2O7/c1-20-8-10-23(37-20)18-29(13-12-21-9-11-24(33-2)26(16-21)34-3)27(31)19-30(17-22-6-4-14-35-22)28(32)25-7-5-15-36-25/h5,7-11,15-16,22H,4,6,12-14,17-19H2,1-3H3/t22-/m0/s1. The Morgan fingerprint density at radius 3 is 2.54 bits per heavy atom. The van der Waals surface area contributed by atoms with Crippen LogP contribution in [-0.2, 0) is 22.5 Å². The van der Waals surface area contributed by atoms with Gasteiger partial charge < -0.3 is 32.8 Å². The number of hydrogen-bond acceptors (Lipinski definition) is 7. The lowest BCUT2D eigenvalue weighted by molar-refractivity contribution is -0.133. The molecule has 3 aromatic rings. The summed E-state index contributed by atoms with van der Waals surface area (Å²) in [7, 11) is 3.19. The molecule has 0 aliphatic carbocycles. The molecular formula is C28H34N2O7. The molecule has 4 rings (SSSR count). The number of hydrogen-bond donors (Lipinski definition) is 0. The van der Waals surface area contributed by atoms with Gasteiger partial charge in [-0.1, -0.05) is 6.07 Å². The van der Waals surface area contributed by atoms with Gasteiger partial charge in [0, 0.05) is 19.7 Å². The lowest BCUT2D eigenvalue weighted by atomic mass is 10.1. The van der Waals surface area contributed by atoms with E-state index < -0.39 is 0 Å². The SMILES string of the molecule is COc1ccc(CCN(Cc2ccc(C)o2)C(=O)CN(C[C@@H]2CCCO2)C(=O)c2ccco2)cc1OC. The number of carbonyl (C=O) groups excluding carboxylic acids is 2. The van der Waals surface area contributed by atoms with Gasteiger partial charge in [0.2, 0.25) is 5.91 Å². The van der Waals surface area contributed by atoms with E-state index in [0.29, 0.717) is 49.9 Å². The van der Waals surface area contributed by atoms with Gasteiger partial charge in [-0.3, -0.25) is 9.59 Å². The molecule has 1 saturated heterocycles. The number of ether oxygens (including phenoxy) is 3. The summed E-state index contributed by atoms with van der Waals surface area (Å²) in [6, 6.07) is 12.7. The first kappa shape index (κ1) is 26.3. The molecule has 3 heterocycles. The predicted octanol–water partition coefficient (Wildman–Crippen LogP) is 4.09. The molecule has 1 aromatic carbocycles. The third-order valence-corrected chi connectivity index (χ3v) is 6.41. The Bertz CT molecular complexity index is 1170. The minimum Gasteiger partial charge on any atom is -0.493 e. The zero-order chi connectivity index (χ0) is 26.2. The summed E-state index contributed by atoms with van der Waals surface area (Å²) in [6.07, 6.45) is 3.73.